The molecule has 0 radical (unpaired) electrons. The minimum absolute atomic E-state index is 0. The fourth-order valence-corrected chi connectivity index (χ4v) is 0.869. The number of hydrogen-bond donors (Lipinski definition) is 2. The zero-order chi connectivity index (χ0) is 8.85. The second-order valence-corrected chi connectivity index (χ2v) is 3.15. The Labute approximate surface area is 79.7 Å². The molecule has 0 rings (SSSR count). The quantitative estimate of drug-likeness (QED) is 0.545. The third-order valence-electron chi connectivity index (χ3n) is 1.72. The maximum Gasteiger partial charge on any atom is 0.306 e. The molecule has 0 bridgehead atoms. The molecule has 0 aliphatic carbocycles. The Morgan fingerprint density at radius 3 is 2.25 bits per heavy atom. The molecule has 2 unspecified atom stereocenters. The number of aliphatic carboxylic acids is 1. The third kappa shape index (κ3) is 7.82. The van der Waals surface area contributed by atoms with Crippen LogP contribution in [-0.4, -0.2) is 17.1 Å². The molecule has 0 aromatic heterocycles. The second-order valence-electron chi connectivity index (χ2n) is 3.15. The van der Waals surface area contributed by atoms with Crippen LogP contribution in [0.25, 0.3) is 0 Å². The van der Waals surface area contributed by atoms with Gasteiger partial charge in [0.05, 0.1) is 5.92 Å². The highest BCUT2D eigenvalue weighted by atomic mass is 35.5. The monoisotopic (exact) mass is 194 g/mol. The van der Waals surface area contributed by atoms with Crippen LogP contribution in [0.1, 0.15) is 33.1 Å². The van der Waals surface area contributed by atoms with Crippen LogP contribution in [-0.2, 0) is 4.79 Å². The Bertz CT molecular complexity index is 128. The summed E-state index contributed by atoms with van der Waals surface area (Å²) in [4.78, 5) is 10.3. The lowest BCUT2D eigenvalue weighted by Crippen LogP contribution is -3.00. The van der Waals surface area contributed by atoms with Crippen molar-refractivity contribution in [2.75, 3.05) is 0 Å². The number of carboxylic acids is 1. The van der Waals surface area contributed by atoms with Crippen molar-refractivity contribution in [2.45, 2.75) is 39.2 Å². The maximum atomic E-state index is 10.3. The molecule has 0 aromatic carbocycles. The lowest BCUT2D eigenvalue weighted by Gasteiger charge is -2.06. The van der Waals surface area contributed by atoms with Crippen LogP contribution >= 0.6 is 0 Å². The molecule has 0 aromatic rings. The molecule has 0 spiro atoms. The molecule has 0 fully saturated rings. The van der Waals surface area contributed by atoms with E-state index in [2.05, 4.69) is 0 Å². The van der Waals surface area contributed by atoms with Crippen LogP contribution in [0.4, 0.5) is 0 Å². The SMILES string of the molecule is CC(N)CCCC(C)C(=O)O.[Cl-]. The van der Waals surface area contributed by atoms with Crippen molar-refractivity contribution in [1.29, 1.82) is 0 Å². The fraction of sp³-hybridized carbons (Fsp3) is 0.875. The second kappa shape index (κ2) is 7.37. The first kappa shape index (κ1) is 14.3. The van der Waals surface area contributed by atoms with E-state index in [4.69, 9.17) is 10.8 Å². The number of rotatable bonds is 5. The Hall–Kier alpha value is -0.280. The van der Waals surface area contributed by atoms with Gasteiger partial charge in [-0.15, -0.1) is 0 Å². The molecule has 12 heavy (non-hydrogen) atoms. The molecule has 0 saturated heterocycles. The molecule has 3 nitrogen and oxygen atoms in total. The lowest BCUT2D eigenvalue weighted by molar-refractivity contribution is -0.141. The van der Waals surface area contributed by atoms with Gasteiger partial charge in [0.1, 0.15) is 0 Å². The zero-order valence-corrected chi connectivity index (χ0v) is 8.34. The summed E-state index contributed by atoms with van der Waals surface area (Å²) in [6.45, 7) is 3.66. The number of nitrogens with two attached hydrogens (primary N) is 1. The molecule has 3 N–H and O–H groups in total. The predicted octanol–water partition coefficient (Wildman–Crippen LogP) is -1.77. The molecule has 4 heteroatoms. The van der Waals surface area contributed by atoms with Crippen molar-refractivity contribution >= 4 is 5.97 Å². The summed E-state index contributed by atoms with van der Waals surface area (Å²) in [7, 11) is 0. The molecular weight excluding hydrogens is 178 g/mol. The van der Waals surface area contributed by atoms with Gasteiger partial charge < -0.3 is 23.2 Å². The van der Waals surface area contributed by atoms with E-state index in [0.29, 0.717) is 0 Å². The van der Waals surface area contributed by atoms with E-state index in [9.17, 15) is 4.79 Å². The van der Waals surface area contributed by atoms with E-state index in [1.807, 2.05) is 6.92 Å². The summed E-state index contributed by atoms with van der Waals surface area (Å²) >= 11 is 0. The van der Waals surface area contributed by atoms with Crippen molar-refractivity contribution in [3.8, 4) is 0 Å². The van der Waals surface area contributed by atoms with E-state index in [1.165, 1.54) is 0 Å². The number of halogens is 1. The van der Waals surface area contributed by atoms with Gasteiger partial charge in [-0.1, -0.05) is 13.3 Å². The summed E-state index contributed by atoms with van der Waals surface area (Å²) in [5.74, 6) is -0.941. The number of carbonyl (C=O) groups is 1. The zero-order valence-electron chi connectivity index (χ0n) is 7.59. The average molecular weight is 195 g/mol. The van der Waals surface area contributed by atoms with E-state index in [1.54, 1.807) is 6.92 Å². The molecule has 0 aliphatic rings. The van der Waals surface area contributed by atoms with Gasteiger partial charge in [0.25, 0.3) is 0 Å². The van der Waals surface area contributed by atoms with Crippen molar-refractivity contribution in [3.63, 3.8) is 0 Å². The normalized spacial score (nSPS) is 14.6. The molecule has 0 heterocycles. The van der Waals surface area contributed by atoms with Crippen molar-refractivity contribution in [1.82, 2.24) is 0 Å². The lowest BCUT2D eigenvalue weighted by atomic mass is 10.0. The summed E-state index contributed by atoms with van der Waals surface area (Å²) in [5, 5.41) is 8.52. The van der Waals surface area contributed by atoms with Gasteiger partial charge in [0, 0.05) is 6.04 Å². The number of carboxylic acid groups (broad SMARTS) is 1. The van der Waals surface area contributed by atoms with E-state index >= 15 is 0 Å². The molecule has 0 amide bonds. The van der Waals surface area contributed by atoms with Gasteiger partial charge in [-0.2, -0.15) is 0 Å². The highest BCUT2D eigenvalue weighted by Crippen LogP contribution is 2.08. The van der Waals surface area contributed by atoms with Gasteiger partial charge in [0.15, 0.2) is 0 Å². The Morgan fingerprint density at radius 2 is 1.92 bits per heavy atom. The third-order valence-corrected chi connectivity index (χ3v) is 1.72. The van der Waals surface area contributed by atoms with Crippen LogP contribution in [0.2, 0.25) is 0 Å². The summed E-state index contributed by atoms with van der Waals surface area (Å²) in [5.41, 5.74) is 5.51. The van der Waals surface area contributed by atoms with E-state index in [-0.39, 0.29) is 24.4 Å². The first-order valence-corrected chi connectivity index (χ1v) is 4.02. The average Bonchev–Trinajstić information content (AvgIpc) is 1.86. The van der Waals surface area contributed by atoms with Crippen molar-refractivity contribution in [3.05, 3.63) is 0 Å². The van der Waals surface area contributed by atoms with Crippen LogP contribution in [0.5, 0.6) is 0 Å². The maximum absolute atomic E-state index is 10.3. The topological polar surface area (TPSA) is 63.3 Å². The van der Waals surface area contributed by atoms with Gasteiger partial charge in [-0.05, 0) is 19.8 Å². The van der Waals surface area contributed by atoms with Gasteiger partial charge in [-0.25, -0.2) is 0 Å². The predicted molar refractivity (Wildman–Crippen MR) is 44.3 cm³/mol. The van der Waals surface area contributed by atoms with Gasteiger partial charge in [0.2, 0.25) is 0 Å². The van der Waals surface area contributed by atoms with Crippen molar-refractivity contribution < 1.29 is 22.3 Å². The van der Waals surface area contributed by atoms with E-state index in [0.717, 1.165) is 19.3 Å². The molecule has 0 saturated carbocycles. The first-order valence-electron chi connectivity index (χ1n) is 4.02. The van der Waals surface area contributed by atoms with E-state index < -0.39 is 5.97 Å². The summed E-state index contributed by atoms with van der Waals surface area (Å²) in [6, 6.07) is 0.191. The summed E-state index contributed by atoms with van der Waals surface area (Å²) < 4.78 is 0. The minimum Gasteiger partial charge on any atom is -1.00 e. The number of hydrogen-bond acceptors (Lipinski definition) is 2. The van der Waals surface area contributed by atoms with Crippen LogP contribution < -0.4 is 18.1 Å². The molecule has 2 atom stereocenters. The van der Waals surface area contributed by atoms with Gasteiger partial charge >= 0.3 is 5.97 Å². The van der Waals surface area contributed by atoms with Gasteiger partial charge in [-0.3, -0.25) is 4.79 Å². The molecule has 0 aliphatic heterocycles. The summed E-state index contributed by atoms with van der Waals surface area (Å²) in [6.07, 6.45) is 2.56. The van der Waals surface area contributed by atoms with Crippen molar-refractivity contribution in [2.24, 2.45) is 11.7 Å². The fourth-order valence-electron chi connectivity index (χ4n) is 0.869. The largest absolute Gasteiger partial charge is 1.00 e. The smallest absolute Gasteiger partial charge is 0.306 e. The molecule has 74 valence electrons. The highest BCUT2D eigenvalue weighted by molar-refractivity contribution is 5.69. The Balaban J connectivity index is 0. The molecular formula is C8H17ClNO2-. The Morgan fingerprint density at radius 1 is 1.42 bits per heavy atom. The van der Waals surface area contributed by atoms with Crippen LogP contribution in [0, 0.1) is 5.92 Å². The Kier molecular flexibility index (Phi) is 8.76. The van der Waals surface area contributed by atoms with Crippen LogP contribution in [0.3, 0.4) is 0 Å². The standard InChI is InChI=1S/C8H17NO2.ClH/c1-6(8(10)11)4-3-5-7(2)9;/h6-7H,3-5,9H2,1-2H3,(H,10,11);1H/p-1. The minimum atomic E-state index is -0.713. The first-order chi connectivity index (χ1) is 5.04. The highest BCUT2D eigenvalue weighted by Gasteiger charge is 2.09. The van der Waals surface area contributed by atoms with Crippen LogP contribution in [0.15, 0.2) is 0 Å².